The quantitative estimate of drug-likeness (QED) is 0.111. The molecule has 0 amide bonds. The molecule has 0 N–H and O–H groups in total. The van der Waals surface area contributed by atoms with E-state index in [4.69, 9.17) is 0 Å². The third-order valence-corrected chi connectivity index (χ3v) is 14.1. The summed E-state index contributed by atoms with van der Waals surface area (Å²) in [5.74, 6) is 0. The van der Waals surface area contributed by atoms with E-state index in [2.05, 4.69) is 160 Å². The van der Waals surface area contributed by atoms with Gasteiger partial charge in [0.05, 0.1) is 0 Å². The van der Waals surface area contributed by atoms with Gasteiger partial charge in [-0.2, -0.15) is 27.4 Å². The van der Waals surface area contributed by atoms with E-state index in [1.54, 1.807) is 5.19 Å². The molecule has 0 saturated heterocycles. The predicted molar refractivity (Wildman–Crippen MR) is 182 cm³/mol. The van der Waals surface area contributed by atoms with Crippen LogP contribution in [0.1, 0.15) is 38.9 Å². The van der Waals surface area contributed by atoms with Gasteiger partial charge in [-0.05, 0) is 54.5 Å². The zero-order chi connectivity index (χ0) is 29.7. The standard InChI is InChI=1S/C36H48N3Si.3ClH.Ti/c1-23-14-17-30(37(8)9)33(20-23)40(36-28(6)26(4)27(5)29(36)7,34-21-24(2)15-18-31(34)38(10)11)35-22-25(3)16-19-32(35)39(12)13;;;;/h14-22H,1-13H3;3*1H;/q-1;;;;+4/p-3. The first-order chi connectivity index (χ1) is 18.7. The van der Waals surface area contributed by atoms with Gasteiger partial charge in [-0.15, -0.1) is 0 Å². The minimum absolute atomic E-state index is 0. The van der Waals surface area contributed by atoms with E-state index in [1.807, 2.05) is 0 Å². The molecule has 236 valence electrons. The van der Waals surface area contributed by atoms with Crippen molar-refractivity contribution in [1.29, 1.82) is 0 Å². The van der Waals surface area contributed by atoms with Crippen molar-refractivity contribution in [1.82, 2.24) is 0 Å². The van der Waals surface area contributed by atoms with Crippen molar-refractivity contribution in [3.63, 3.8) is 0 Å². The van der Waals surface area contributed by atoms with Gasteiger partial charge < -0.3 is 51.9 Å². The van der Waals surface area contributed by atoms with Gasteiger partial charge in [0.2, 0.25) is 0 Å². The summed E-state index contributed by atoms with van der Waals surface area (Å²) in [6.07, 6.45) is 0. The van der Waals surface area contributed by atoms with Crippen LogP contribution in [-0.2, 0) is 21.7 Å². The van der Waals surface area contributed by atoms with Gasteiger partial charge in [-0.3, -0.25) is 0 Å². The second-order valence-electron chi connectivity index (χ2n) is 12.4. The zero-order valence-corrected chi connectivity index (χ0v) is 33.5. The molecule has 44 heavy (non-hydrogen) atoms. The van der Waals surface area contributed by atoms with Crippen molar-refractivity contribution in [2.75, 3.05) is 57.0 Å². The Morgan fingerprint density at radius 2 is 0.795 bits per heavy atom. The molecule has 8 heteroatoms. The van der Waals surface area contributed by atoms with Crippen LogP contribution in [0.2, 0.25) is 0 Å². The topological polar surface area (TPSA) is 9.72 Å². The van der Waals surface area contributed by atoms with Gasteiger partial charge in [-0.1, -0.05) is 80.8 Å². The molecule has 0 atom stereocenters. The van der Waals surface area contributed by atoms with Crippen LogP contribution in [0.15, 0.2) is 54.6 Å². The Kier molecular flexibility index (Phi) is 15.5. The Bertz CT molecular complexity index is 1410. The zero-order valence-electron chi connectivity index (χ0n) is 28.7. The molecular weight excluding hydrogens is 657 g/mol. The molecule has 4 aromatic rings. The largest absolute Gasteiger partial charge is 4.00 e. The van der Waals surface area contributed by atoms with E-state index in [1.165, 1.54) is 71.6 Å². The fourth-order valence-electron chi connectivity index (χ4n) is 6.64. The Morgan fingerprint density at radius 1 is 0.500 bits per heavy atom. The molecule has 0 aromatic heterocycles. The summed E-state index contributed by atoms with van der Waals surface area (Å²) in [5.41, 5.74) is 13.5. The molecule has 0 unspecified atom stereocenters. The van der Waals surface area contributed by atoms with E-state index in [-0.39, 0.29) is 58.9 Å². The van der Waals surface area contributed by atoms with E-state index in [0.29, 0.717) is 0 Å². The van der Waals surface area contributed by atoms with Gasteiger partial charge in [0, 0.05) is 59.3 Å². The molecular formula is C36H48Cl3N3SiTi. The maximum atomic E-state index is 2.50. The van der Waals surface area contributed by atoms with Crippen molar-refractivity contribution in [3.05, 3.63) is 93.5 Å². The molecule has 0 aliphatic carbocycles. The average Bonchev–Trinajstić information content (AvgIpc) is 3.07. The Hall–Kier alpha value is -1.79. The number of benzene rings is 3. The molecule has 0 aliphatic heterocycles. The van der Waals surface area contributed by atoms with Crippen molar-refractivity contribution < 1.29 is 58.9 Å². The first-order valence-electron chi connectivity index (χ1n) is 14.3. The van der Waals surface area contributed by atoms with Crippen molar-refractivity contribution in [2.45, 2.75) is 48.5 Å². The summed E-state index contributed by atoms with van der Waals surface area (Å²) in [6, 6.07) is 21.3. The molecule has 4 aromatic carbocycles. The second-order valence-corrected chi connectivity index (χ2v) is 16.0. The Labute approximate surface area is 301 Å². The summed E-state index contributed by atoms with van der Waals surface area (Å²) in [5, 5.41) is 5.90. The van der Waals surface area contributed by atoms with E-state index < -0.39 is 8.07 Å². The molecule has 0 spiro atoms. The number of nitrogens with zero attached hydrogens (tertiary/aromatic N) is 3. The molecule has 0 fully saturated rings. The normalized spacial score (nSPS) is 10.6. The van der Waals surface area contributed by atoms with Gasteiger partial charge in [0.15, 0.2) is 8.07 Å². The monoisotopic (exact) mass is 703 g/mol. The van der Waals surface area contributed by atoms with Crippen LogP contribution >= 0.6 is 0 Å². The summed E-state index contributed by atoms with van der Waals surface area (Å²) in [7, 11) is 10.2. The third kappa shape index (κ3) is 7.12. The molecule has 3 nitrogen and oxygen atoms in total. The minimum Gasteiger partial charge on any atom is -1.00 e. The molecule has 0 aliphatic rings. The van der Waals surface area contributed by atoms with Crippen molar-refractivity contribution >= 4 is 45.9 Å². The van der Waals surface area contributed by atoms with Gasteiger partial charge in [0.25, 0.3) is 0 Å². The van der Waals surface area contributed by atoms with Crippen LogP contribution in [0, 0.1) is 48.5 Å². The van der Waals surface area contributed by atoms with E-state index in [9.17, 15) is 0 Å². The first-order valence-corrected chi connectivity index (χ1v) is 16.3. The van der Waals surface area contributed by atoms with Crippen LogP contribution < -0.4 is 72.7 Å². The summed E-state index contributed by atoms with van der Waals surface area (Å²) < 4.78 is 0. The molecule has 0 bridgehead atoms. The summed E-state index contributed by atoms with van der Waals surface area (Å²) >= 11 is 0. The molecule has 0 radical (unpaired) electrons. The first kappa shape index (κ1) is 42.2. The average molecular weight is 705 g/mol. The van der Waals surface area contributed by atoms with Crippen molar-refractivity contribution in [2.24, 2.45) is 0 Å². The Balaban J connectivity index is 0.00000462. The molecule has 0 saturated carbocycles. The van der Waals surface area contributed by atoms with Crippen LogP contribution in [0.4, 0.5) is 17.1 Å². The second kappa shape index (κ2) is 16.2. The van der Waals surface area contributed by atoms with Gasteiger partial charge in [-0.25, -0.2) is 0 Å². The van der Waals surface area contributed by atoms with Crippen molar-refractivity contribution in [3.8, 4) is 0 Å². The van der Waals surface area contributed by atoms with E-state index >= 15 is 0 Å². The van der Waals surface area contributed by atoms with Gasteiger partial charge >= 0.3 is 21.7 Å². The Morgan fingerprint density at radius 3 is 1.02 bits per heavy atom. The summed E-state index contributed by atoms with van der Waals surface area (Å²) in [4.78, 5) is 6.96. The fourth-order valence-corrected chi connectivity index (χ4v) is 13.2. The van der Waals surface area contributed by atoms with Crippen LogP contribution in [0.5, 0.6) is 0 Å². The molecule has 0 heterocycles. The predicted octanol–water partition coefficient (Wildman–Crippen LogP) is -3.85. The number of hydrogen-bond donors (Lipinski definition) is 0. The minimum atomic E-state index is -2.94. The maximum absolute atomic E-state index is 2.94. The van der Waals surface area contributed by atoms with Crippen LogP contribution in [0.3, 0.4) is 0 Å². The van der Waals surface area contributed by atoms with E-state index in [0.717, 1.165) is 0 Å². The smallest absolute Gasteiger partial charge is 1.00 e. The number of rotatable bonds is 7. The number of aryl methyl sites for hydroxylation is 3. The van der Waals surface area contributed by atoms with Gasteiger partial charge in [0.1, 0.15) is 0 Å². The number of anilines is 3. The number of hydrogen-bond acceptors (Lipinski definition) is 3. The maximum Gasteiger partial charge on any atom is 4.00 e. The fraction of sp³-hybridized carbons (Fsp3) is 0.361. The number of halogens is 3. The summed E-state index contributed by atoms with van der Waals surface area (Å²) in [6.45, 7) is 16.1. The molecule has 4 rings (SSSR count). The third-order valence-electron chi connectivity index (χ3n) is 8.93. The van der Waals surface area contributed by atoms with Crippen LogP contribution in [0.25, 0.3) is 0 Å². The SMILES string of the molecule is Cc1ccc(N(C)C)c([Si](c2cc(C)ccc2N(C)C)(c2cc(C)ccc2N(C)C)c2c(C)c(C)c(C)[c-]2C)c1.[Cl-].[Cl-].[Cl-].[Ti+4]. The van der Waals surface area contributed by atoms with Crippen LogP contribution in [-0.4, -0.2) is 50.4 Å².